The van der Waals surface area contributed by atoms with Crippen molar-refractivity contribution in [3.63, 3.8) is 0 Å². The largest absolute Gasteiger partial charge is 0.466 e. The monoisotopic (exact) mass is 435 g/mol. The fourth-order valence-electron chi connectivity index (χ4n) is 2.88. The lowest BCUT2D eigenvalue weighted by molar-refractivity contribution is -0.143. The van der Waals surface area contributed by atoms with Gasteiger partial charge < -0.3 is 14.8 Å². The fourth-order valence-corrected chi connectivity index (χ4v) is 3.08. The fraction of sp³-hybridized carbons (Fsp3) is 0.429. The summed E-state index contributed by atoms with van der Waals surface area (Å²) in [6.45, 7) is 5.84. The smallest absolute Gasteiger partial charge is 0.342 e. The van der Waals surface area contributed by atoms with Crippen LogP contribution in [0.3, 0.4) is 0 Å². The number of carbonyl (C=O) groups excluding carboxylic acids is 3. The molecule has 0 saturated heterocycles. The number of esters is 2. The van der Waals surface area contributed by atoms with Crippen molar-refractivity contribution in [1.29, 1.82) is 0 Å². The van der Waals surface area contributed by atoms with E-state index in [0.29, 0.717) is 48.1 Å². The maximum atomic E-state index is 12.5. The van der Waals surface area contributed by atoms with Crippen LogP contribution in [0, 0.1) is 13.8 Å². The molecule has 0 atom stereocenters. The first-order valence-corrected chi connectivity index (χ1v) is 10.1. The number of ether oxygens (including phenoxy) is 2. The van der Waals surface area contributed by atoms with Crippen molar-refractivity contribution >= 4 is 29.4 Å². The highest BCUT2D eigenvalue weighted by Gasteiger charge is 2.21. The van der Waals surface area contributed by atoms with Crippen LogP contribution in [0.2, 0.25) is 5.02 Å². The molecular weight excluding hydrogens is 410 g/mol. The first-order chi connectivity index (χ1) is 14.3. The summed E-state index contributed by atoms with van der Waals surface area (Å²) < 4.78 is 11.6. The van der Waals surface area contributed by atoms with Gasteiger partial charge in [-0.2, -0.15) is 5.10 Å². The van der Waals surface area contributed by atoms with Crippen molar-refractivity contribution in [2.24, 2.45) is 0 Å². The molecule has 0 unspecified atom stereocenters. The van der Waals surface area contributed by atoms with Crippen LogP contribution in [0.5, 0.6) is 0 Å². The van der Waals surface area contributed by atoms with Gasteiger partial charge >= 0.3 is 11.9 Å². The Bertz CT molecular complexity index is 910. The second-order valence-corrected chi connectivity index (χ2v) is 7.04. The van der Waals surface area contributed by atoms with E-state index >= 15 is 0 Å². The van der Waals surface area contributed by atoms with Crippen molar-refractivity contribution in [2.45, 2.75) is 40.2 Å². The third-order valence-corrected chi connectivity index (χ3v) is 4.75. The van der Waals surface area contributed by atoms with E-state index in [2.05, 4.69) is 10.4 Å². The molecular formula is C21H26ClN3O5. The van der Waals surface area contributed by atoms with E-state index in [1.54, 1.807) is 31.5 Å². The Labute approximate surface area is 180 Å². The van der Waals surface area contributed by atoms with E-state index in [0.717, 1.165) is 5.56 Å². The van der Waals surface area contributed by atoms with Crippen LogP contribution in [-0.4, -0.2) is 47.4 Å². The molecule has 1 amide bonds. The van der Waals surface area contributed by atoms with Gasteiger partial charge in [-0.25, -0.2) is 4.79 Å². The van der Waals surface area contributed by atoms with Gasteiger partial charge in [0.05, 0.1) is 24.5 Å². The number of benzene rings is 1. The Balaban J connectivity index is 1.87. The Kier molecular flexibility index (Phi) is 8.86. The molecule has 1 aromatic heterocycles. The lowest BCUT2D eigenvalue weighted by Crippen LogP contribution is -2.30. The van der Waals surface area contributed by atoms with Crippen molar-refractivity contribution in [3.05, 3.63) is 51.8 Å². The average Bonchev–Trinajstić information content (AvgIpc) is 2.98. The average molecular weight is 436 g/mol. The maximum Gasteiger partial charge on any atom is 0.342 e. The number of hydrogen-bond acceptors (Lipinski definition) is 6. The van der Waals surface area contributed by atoms with Crippen molar-refractivity contribution in [2.75, 3.05) is 19.8 Å². The third-order valence-electron chi connectivity index (χ3n) is 4.38. The van der Waals surface area contributed by atoms with Gasteiger partial charge in [-0.3, -0.25) is 14.3 Å². The number of nitrogens with zero attached hydrogens (tertiary/aromatic N) is 2. The lowest BCUT2D eigenvalue weighted by atomic mass is 10.2. The van der Waals surface area contributed by atoms with Crippen LogP contribution < -0.4 is 5.32 Å². The molecule has 0 saturated carbocycles. The number of nitrogens with one attached hydrogen (secondary N) is 1. The highest BCUT2D eigenvalue weighted by Crippen LogP contribution is 2.20. The van der Waals surface area contributed by atoms with Crippen LogP contribution >= 0.6 is 11.6 Å². The summed E-state index contributed by atoms with van der Waals surface area (Å²) in [7, 11) is 0. The van der Waals surface area contributed by atoms with Gasteiger partial charge in [-0.15, -0.1) is 0 Å². The Morgan fingerprint density at radius 1 is 1.17 bits per heavy atom. The first-order valence-electron chi connectivity index (χ1n) is 9.70. The second-order valence-electron chi connectivity index (χ2n) is 6.63. The highest BCUT2D eigenvalue weighted by atomic mass is 35.5. The summed E-state index contributed by atoms with van der Waals surface area (Å²) in [6, 6.07) is 7.41. The van der Waals surface area contributed by atoms with Crippen LogP contribution in [-0.2, 0) is 25.6 Å². The molecule has 0 aliphatic heterocycles. The van der Waals surface area contributed by atoms with Gasteiger partial charge in [0.15, 0.2) is 6.61 Å². The van der Waals surface area contributed by atoms with Gasteiger partial charge in [0.2, 0.25) is 0 Å². The van der Waals surface area contributed by atoms with E-state index in [4.69, 9.17) is 21.1 Å². The molecule has 0 spiro atoms. The SMILES string of the molecule is CCOC(=O)CCCNC(=O)COC(=O)c1c(C)nn(Cc2ccccc2Cl)c1C. The Morgan fingerprint density at radius 3 is 2.60 bits per heavy atom. The lowest BCUT2D eigenvalue weighted by Gasteiger charge is -2.08. The van der Waals surface area contributed by atoms with Gasteiger partial charge in [0.25, 0.3) is 5.91 Å². The molecule has 1 N–H and O–H groups in total. The summed E-state index contributed by atoms with van der Waals surface area (Å²) in [5.41, 5.74) is 2.36. The number of aromatic nitrogens is 2. The summed E-state index contributed by atoms with van der Waals surface area (Å²) in [5, 5.41) is 7.62. The molecule has 0 aliphatic carbocycles. The number of rotatable bonds is 10. The Hall–Kier alpha value is -2.87. The van der Waals surface area contributed by atoms with Crippen molar-refractivity contribution in [3.8, 4) is 0 Å². The molecule has 1 aromatic carbocycles. The summed E-state index contributed by atoms with van der Waals surface area (Å²) in [6.07, 6.45) is 0.669. The van der Waals surface area contributed by atoms with Gasteiger partial charge in [0.1, 0.15) is 5.56 Å². The van der Waals surface area contributed by atoms with E-state index in [9.17, 15) is 14.4 Å². The zero-order chi connectivity index (χ0) is 22.1. The quantitative estimate of drug-likeness (QED) is 0.455. The zero-order valence-electron chi connectivity index (χ0n) is 17.4. The van der Waals surface area contributed by atoms with E-state index in [-0.39, 0.29) is 12.4 Å². The molecule has 0 radical (unpaired) electrons. The maximum absolute atomic E-state index is 12.5. The summed E-state index contributed by atoms with van der Waals surface area (Å²) in [5.74, 6) is -1.36. The minimum absolute atomic E-state index is 0.219. The van der Waals surface area contributed by atoms with E-state index in [1.807, 2.05) is 18.2 Å². The van der Waals surface area contributed by atoms with Gasteiger partial charge in [-0.1, -0.05) is 29.8 Å². The molecule has 0 bridgehead atoms. The van der Waals surface area contributed by atoms with Crippen molar-refractivity contribution in [1.82, 2.24) is 15.1 Å². The number of aryl methyl sites for hydroxylation is 1. The van der Waals surface area contributed by atoms with Crippen molar-refractivity contribution < 1.29 is 23.9 Å². The van der Waals surface area contributed by atoms with E-state index < -0.39 is 18.5 Å². The highest BCUT2D eigenvalue weighted by molar-refractivity contribution is 6.31. The number of halogens is 1. The van der Waals surface area contributed by atoms with Crippen LogP contribution in [0.4, 0.5) is 0 Å². The molecule has 30 heavy (non-hydrogen) atoms. The molecule has 2 rings (SSSR count). The predicted octanol–water partition coefficient (Wildman–Crippen LogP) is 2.82. The Morgan fingerprint density at radius 2 is 1.90 bits per heavy atom. The molecule has 0 fully saturated rings. The molecule has 2 aromatic rings. The number of carbonyl (C=O) groups is 3. The van der Waals surface area contributed by atoms with Crippen LogP contribution in [0.25, 0.3) is 0 Å². The van der Waals surface area contributed by atoms with Crippen LogP contribution in [0.15, 0.2) is 24.3 Å². The molecule has 8 nitrogen and oxygen atoms in total. The summed E-state index contributed by atoms with van der Waals surface area (Å²) >= 11 is 6.20. The second kappa shape index (κ2) is 11.3. The van der Waals surface area contributed by atoms with Gasteiger partial charge in [-0.05, 0) is 38.8 Å². The molecule has 162 valence electrons. The van der Waals surface area contributed by atoms with E-state index in [1.165, 1.54) is 0 Å². The molecule has 0 aliphatic rings. The first kappa shape index (κ1) is 23.4. The molecule has 1 heterocycles. The third kappa shape index (κ3) is 6.59. The van der Waals surface area contributed by atoms with Gasteiger partial charge in [0, 0.05) is 18.0 Å². The topological polar surface area (TPSA) is 99.5 Å². The normalized spacial score (nSPS) is 10.5. The predicted molar refractivity (Wildman–Crippen MR) is 111 cm³/mol. The minimum atomic E-state index is -0.614. The zero-order valence-corrected chi connectivity index (χ0v) is 18.1. The summed E-state index contributed by atoms with van der Waals surface area (Å²) in [4.78, 5) is 35.6. The molecule has 9 heteroatoms. The minimum Gasteiger partial charge on any atom is -0.466 e. The number of hydrogen-bond donors (Lipinski definition) is 1. The standard InChI is InChI=1S/C21H26ClN3O5/c1-4-29-19(27)10-7-11-23-18(26)13-30-21(28)20-14(2)24-25(15(20)3)12-16-8-5-6-9-17(16)22/h5-6,8-9H,4,7,10-13H2,1-3H3,(H,23,26). The number of amides is 1. The van der Waals surface area contributed by atoms with Crippen LogP contribution in [0.1, 0.15) is 47.1 Å².